The first-order valence-corrected chi connectivity index (χ1v) is 8.35. The van der Waals surface area contributed by atoms with Crippen molar-refractivity contribution in [2.45, 2.75) is 37.0 Å². The molecule has 2 aliphatic carbocycles. The predicted molar refractivity (Wildman–Crippen MR) is 70.2 cm³/mol. The Kier molecular flexibility index (Phi) is 2.44. The number of aromatic nitrogens is 1. The predicted octanol–water partition coefficient (Wildman–Crippen LogP) is 3.00. The Hall–Kier alpha value is 0.110. The van der Waals surface area contributed by atoms with Crippen LogP contribution in [0.2, 0.25) is 0 Å². The van der Waals surface area contributed by atoms with Crippen LogP contribution >= 0.6 is 29.7 Å². The fourth-order valence-corrected chi connectivity index (χ4v) is 6.35. The van der Waals surface area contributed by atoms with Gasteiger partial charge >= 0.3 is 0 Å². The minimum atomic E-state index is -2.08. The lowest BCUT2D eigenvalue weighted by Gasteiger charge is -2.17. The summed E-state index contributed by atoms with van der Waals surface area (Å²) in [5.74, 6) is 0. The van der Waals surface area contributed by atoms with Gasteiger partial charge in [0.2, 0.25) is 0 Å². The van der Waals surface area contributed by atoms with E-state index in [2.05, 4.69) is 27.6 Å². The van der Waals surface area contributed by atoms with E-state index in [9.17, 15) is 4.57 Å². The molecule has 0 amide bonds. The van der Waals surface area contributed by atoms with Crippen LogP contribution in [0.3, 0.4) is 0 Å². The third kappa shape index (κ3) is 1.78. The molecule has 2 saturated carbocycles. The minimum absolute atomic E-state index is 0.492. The van der Waals surface area contributed by atoms with Gasteiger partial charge in [0.25, 0.3) is 0 Å². The van der Waals surface area contributed by atoms with Gasteiger partial charge in [0, 0.05) is 22.8 Å². The fraction of sp³-hybridized carbons (Fsp3) is 0.545. The summed E-state index contributed by atoms with van der Waals surface area (Å²) in [4.78, 5) is 4.28. The maximum Gasteiger partial charge on any atom is 0.123 e. The van der Waals surface area contributed by atoms with Gasteiger partial charge in [-0.05, 0) is 60.4 Å². The van der Waals surface area contributed by atoms with E-state index in [4.69, 9.17) is 0 Å². The molecule has 2 nitrogen and oxygen atoms in total. The van der Waals surface area contributed by atoms with Crippen LogP contribution in [0.25, 0.3) is 0 Å². The molecule has 0 aliphatic heterocycles. The van der Waals surface area contributed by atoms with Gasteiger partial charge < -0.3 is 4.57 Å². The molecule has 3 rings (SSSR count). The number of rotatable bonds is 3. The van der Waals surface area contributed by atoms with Crippen molar-refractivity contribution in [1.82, 2.24) is 4.98 Å². The van der Waals surface area contributed by atoms with Gasteiger partial charge in [0.1, 0.15) is 10.8 Å². The van der Waals surface area contributed by atoms with Gasteiger partial charge in [0.05, 0.1) is 0 Å². The number of halogens is 1. The van der Waals surface area contributed by atoms with Crippen LogP contribution in [0.1, 0.15) is 25.7 Å². The highest BCUT2D eigenvalue weighted by Gasteiger charge is 2.51. The molecule has 1 aromatic rings. The molecule has 80 valence electrons. The smallest absolute Gasteiger partial charge is 0.123 e. The molecule has 1 aromatic heterocycles. The van der Waals surface area contributed by atoms with E-state index >= 15 is 0 Å². The van der Waals surface area contributed by atoms with Crippen LogP contribution < -0.4 is 5.30 Å². The standard InChI is InChI=1S/C11H13INOP/c12-11-6-5-10(7-13-11)15(14,8-1-2-8)9-3-4-9/h5-9H,1-4H2. The van der Waals surface area contributed by atoms with Crippen LogP contribution in [-0.2, 0) is 4.57 Å². The Morgan fingerprint density at radius 2 is 1.80 bits per heavy atom. The van der Waals surface area contributed by atoms with Crippen LogP contribution in [0.4, 0.5) is 0 Å². The van der Waals surface area contributed by atoms with E-state index in [0.29, 0.717) is 11.3 Å². The first-order valence-electron chi connectivity index (χ1n) is 5.43. The average molecular weight is 333 g/mol. The molecule has 2 fully saturated rings. The molecule has 2 aliphatic rings. The number of hydrogen-bond donors (Lipinski definition) is 0. The second kappa shape index (κ2) is 3.56. The fourth-order valence-electron chi connectivity index (χ4n) is 2.21. The van der Waals surface area contributed by atoms with E-state index in [1.165, 1.54) is 25.7 Å². The zero-order valence-electron chi connectivity index (χ0n) is 8.40. The van der Waals surface area contributed by atoms with Crippen LogP contribution in [-0.4, -0.2) is 16.3 Å². The zero-order valence-corrected chi connectivity index (χ0v) is 11.4. The summed E-state index contributed by atoms with van der Waals surface area (Å²) in [6.07, 6.45) is 6.51. The van der Waals surface area contributed by atoms with E-state index < -0.39 is 7.14 Å². The molecule has 0 radical (unpaired) electrons. The summed E-state index contributed by atoms with van der Waals surface area (Å²) >= 11 is 2.19. The van der Waals surface area contributed by atoms with Crippen molar-refractivity contribution in [2.24, 2.45) is 0 Å². The molecule has 0 atom stereocenters. The van der Waals surface area contributed by atoms with Crippen molar-refractivity contribution in [3.63, 3.8) is 0 Å². The topological polar surface area (TPSA) is 30.0 Å². The molecular formula is C11H13INOP. The lowest BCUT2D eigenvalue weighted by molar-refractivity contribution is 0.579. The number of hydrogen-bond acceptors (Lipinski definition) is 2. The van der Waals surface area contributed by atoms with Gasteiger partial charge in [-0.25, -0.2) is 4.98 Å². The van der Waals surface area contributed by atoms with Crippen molar-refractivity contribution in [3.05, 3.63) is 22.0 Å². The summed E-state index contributed by atoms with van der Waals surface area (Å²) < 4.78 is 14.0. The minimum Gasteiger partial charge on any atom is -0.318 e. The molecule has 15 heavy (non-hydrogen) atoms. The quantitative estimate of drug-likeness (QED) is 0.484. The second-order valence-electron chi connectivity index (χ2n) is 4.51. The lowest BCUT2D eigenvalue weighted by Crippen LogP contribution is -2.13. The second-order valence-corrected chi connectivity index (χ2v) is 9.01. The summed E-state index contributed by atoms with van der Waals surface area (Å²) in [6, 6.07) is 4.01. The van der Waals surface area contributed by atoms with Gasteiger partial charge in [-0.2, -0.15) is 0 Å². The number of nitrogens with zero attached hydrogens (tertiary/aromatic N) is 1. The van der Waals surface area contributed by atoms with Crippen LogP contribution in [0, 0.1) is 3.70 Å². The van der Waals surface area contributed by atoms with Crippen LogP contribution in [0.15, 0.2) is 18.3 Å². The maximum atomic E-state index is 13.0. The Bertz CT molecular complexity index is 407. The zero-order chi connectivity index (χ0) is 10.5. The number of pyridine rings is 1. The van der Waals surface area contributed by atoms with Gasteiger partial charge in [0.15, 0.2) is 0 Å². The van der Waals surface area contributed by atoms with Gasteiger partial charge in [-0.1, -0.05) is 0 Å². The normalized spacial score (nSPS) is 21.7. The Balaban J connectivity index is 2.01. The molecule has 0 N–H and O–H groups in total. The van der Waals surface area contributed by atoms with E-state index in [1.54, 1.807) is 0 Å². The highest BCUT2D eigenvalue weighted by Crippen LogP contribution is 2.69. The van der Waals surface area contributed by atoms with Crippen molar-refractivity contribution in [3.8, 4) is 0 Å². The molecule has 1 heterocycles. The van der Waals surface area contributed by atoms with Crippen molar-refractivity contribution < 1.29 is 4.57 Å². The third-order valence-electron chi connectivity index (χ3n) is 3.29. The SMILES string of the molecule is O=P(c1ccc(I)nc1)(C1CC1)C1CC1. The van der Waals surface area contributed by atoms with Gasteiger partial charge in [-0.3, -0.25) is 0 Å². The Labute approximate surface area is 103 Å². The average Bonchev–Trinajstić information content (AvgIpc) is 3.07. The van der Waals surface area contributed by atoms with Crippen LogP contribution in [0.5, 0.6) is 0 Å². The molecule has 0 unspecified atom stereocenters. The van der Waals surface area contributed by atoms with E-state index in [0.717, 1.165) is 9.01 Å². The van der Waals surface area contributed by atoms with E-state index in [-0.39, 0.29) is 0 Å². The third-order valence-corrected chi connectivity index (χ3v) is 8.21. The summed E-state index contributed by atoms with van der Waals surface area (Å²) in [7, 11) is -2.08. The molecule has 0 bridgehead atoms. The van der Waals surface area contributed by atoms with Crippen molar-refractivity contribution in [2.75, 3.05) is 0 Å². The molecule has 0 spiro atoms. The highest BCUT2D eigenvalue weighted by molar-refractivity contribution is 14.1. The maximum absolute atomic E-state index is 13.0. The Morgan fingerprint density at radius 1 is 1.20 bits per heavy atom. The molecular weight excluding hydrogens is 320 g/mol. The summed E-state index contributed by atoms with van der Waals surface area (Å²) in [6.45, 7) is 0. The summed E-state index contributed by atoms with van der Waals surface area (Å²) in [5, 5.41) is 1.04. The largest absolute Gasteiger partial charge is 0.318 e. The monoisotopic (exact) mass is 333 g/mol. The first-order chi connectivity index (χ1) is 7.21. The molecule has 4 heteroatoms. The molecule has 0 saturated heterocycles. The Morgan fingerprint density at radius 3 is 2.20 bits per heavy atom. The van der Waals surface area contributed by atoms with Crippen molar-refractivity contribution in [1.29, 1.82) is 0 Å². The van der Waals surface area contributed by atoms with Gasteiger partial charge in [-0.15, -0.1) is 0 Å². The summed E-state index contributed by atoms with van der Waals surface area (Å²) in [5.41, 5.74) is 0.985. The molecule has 0 aromatic carbocycles. The lowest BCUT2D eigenvalue weighted by atomic mass is 10.5. The van der Waals surface area contributed by atoms with Crippen molar-refractivity contribution >= 4 is 35.0 Å². The highest BCUT2D eigenvalue weighted by atomic mass is 127. The first kappa shape index (κ1) is 10.3. The van der Waals surface area contributed by atoms with E-state index in [1.807, 2.05) is 18.3 Å².